The fourth-order valence-corrected chi connectivity index (χ4v) is 3.35. The number of hydrogen-bond donors (Lipinski definition) is 1. The Morgan fingerprint density at radius 2 is 2.04 bits per heavy atom. The predicted molar refractivity (Wildman–Crippen MR) is 106 cm³/mol. The van der Waals surface area contributed by atoms with Gasteiger partial charge < -0.3 is 10.2 Å². The van der Waals surface area contributed by atoms with Gasteiger partial charge >= 0.3 is 5.63 Å². The molecule has 3 aromatic rings. The van der Waals surface area contributed by atoms with Gasteiger partial charge in [-0.3, -0.25) is 0 Å². The van der Waals surface area contributed by atoms with Gasteiger partial charge in [-0.05, 0) is 54.8 Å². The van der Waals surface area contributed by atoms with E-state index in [1.807, 2.05) is 44.2 Å². The second kappa shape index (κ2) is 7.33. The third kappa shape index (κ3) is 4.24. The van der Waals surface area contributed by atoms with Crippen molar-refractivity contribution in [1.82, 2.24) is 0 Å². The fraction of sp³-hybridized carbons (Fsp3) is 0.158. The van der Waals surface area contributed by atoms with Crippen LogP contribution in [0, 0.1) is 13.8 Å². The number of amidine groups is 1. The number of aliphatic imine (C=N–C) groups is 1. The summed E-state index contributed by atoms with van der Waals surface area (Å²) in [4.78, 5) is 16.2. The lowest BCUT2D eigenvalue weighted by atomic mass is 10.1. The van der Waals surface area contributed by atoms with Crippen molar-refractivity contribution >= 4 is 45.2 Å². The monoisotopic (exact) mass is 372 g/mol. The molecule has 0 saturated heterocycles. The van der Waals surface area contributed by atoms with Crippen LogP contribution >= 0.6 is 23.4 Å². The van der Waals surface area contributed by atoms with Gasteiger partial charge in [0.05, 0.1) is 5.69 Å². The second-order valence-corrected chi connectivity index (χ2v) is 7.17. The Labute approximate surface area is 154 Å². The second-order valence-electron chi connectivity index (χ2n) is 5.77. The van der Waals surface area contributed by atoms with Crippen LogP contribution in [0.25, 0.3) is 11.0 Å². The van der Waals surface area contributed by atoms with E-state index < -0.39 is 0 Å². The van der Waals surface area contributed by atoms with Gasteiger partial charge in [-0.2, -0.15) is 0 Å². The number of aryl methyl sites for hydroxylation is 2. The summed E-state index contributed by atoms with van der Waals surface area (Å²) in [7, 11) is 0. The molecule has 3 rings (SSSR count). The number of fused-ring (bicyclic) bond motifs is 1. The minimum Gasteiger partial charge on any atom is -0.423 e. The Morgan fingerprint density at radius 1 is 1.24 bits per heavy atom. The van der Waals surface area contributed by atoms with E-state index in [0.717, 1.165) is 27.8 Å². The van der Waals surface area contributed by atoms with E-state index in [0.29, 0.717) is 21.5 Å². The predicted octanol–water partition coefficient (Wildman–Crippen LogP) is 4.94. The van der Waals surface area contributed by atoms with Crippen molar-refractivity contribution in [2.45, 2.75) is 19.6 Å². The molecule has 0 radical (unpaired) electrons. The highest BCUT2D eigenvalue weighted by atomic mass is 35.5. The molecule has 0 amide bonds. The maximum atomic E-state index is 11.8. The Balaban J connectivity index is 1.88. The standard InChI is InChI=1S/C19H17ClN2O2S/c1-11-4-3-5-14(6-11)22-19(21)25-10-13-8-18(23)24-17-7-12(2)16(20)9-15(13)17/h3-9H,10H2,1-2H3,(H2,21,22). The Kier molecular flexibility index (Phi) is 5.16. The molecule has 4 nitrogen and oxygen atoms in total. The zero-order valence-corrected chi connectivity index (χ0v) is 15.4. The molecule has 25 heavy (non-hydrogen) atoms. The van der Waals surface area contributed by atoms with Crippen LogP contribution in [0.4, 0.5) is 5.69 Å². The van der Waals surface area contributed by atoms with E-state index in [1.54, 1.807) is 6.07 Å². The highest BCUT2D eigenvalue weighted by Gasteiger charge is 2.09. The average molecular weight is 373 g/mol. The van der Waals surface area contributed by atoms with Crippen molar-refractivity contribution < 1.29 is 4.42 Å². The van der Waals surface area contributed by atoms with Crippen LogP contribution in [0.5, 0.6) is 0 Å². The molecule has 0 atom stereocenters. The summed E-state index contributed by atoms with van der Waals surface area (Å²) in [5.41, 5.74) is 9.77. The van der Waals surface area contributed by atoms with Gasteiger partial charge in [-0.25, -0.2) is 9.79 Å². The molecule has 0 fully saturated rings. The molecular weight excluding hydrogens is 356 g/mol. The molecular formula is C19H17ClN2O2S. The topological polar surface area (TPSA) is 68.6 Å². The smallest absolute Gasteiger partial charge is 0.336 e. The molecule has 0 aliphatic carbocycles. The van der Waals surface area contributed by atoms with E-state index in [4.69, 9.17) is 21.8 Å². The van der Waals surface area contributed by atoms with Crippen molar-refractivity contribution in [1.29, 1.82) is 0 Å². The van der Waals surface area contributed by atoms with Crippen LogP contribution in [0.1, 0.15) is 16.7 Å². The third-order valence-electron chi connectivity index (χ3n) is 3.73. The van der Waals surface area contributed by atoms with Crippen molar-refractivity contribution in [3.05, 3.63) is 74.6 Å². The molecule has 1 aromatic heterocycles. The van der Waals surface area contributed by atoms with Crippen LogP contribution < -0.4 is 11.4 Å². The zero-order chi connectivity index (χ0) is 18.0. The third-order valence-corrected chi connectivity index (χ3v) is 4.98. The lowest BCUT2D eigenvalue weighted by molar-refractivity contribution is 0.559. The lowest BCUT2D eigenvalue weighted by Crippen LogP contribution is -2.07. The first-order valence-corrected chi connectivity index (χ1v) is 9.05. The maximum Gasteiger partial charge on any atom is 0.336 e. The highest BCUT2D eigenvalue weighted by Crippen LogP contribution is 2.27. The first kappa shape index (κ1) is 17.6. The highest BCUT2D eigenvalue weighted by molar-refractivity contribution is 8.13. The lowest BCUT2D eigenvalue weighted by Gasteiger charge is -2.07. The summed E-state index contributed by atoms with van der Waals surface area (Å²) in [5.74, 6) is 0.503. The molecule has 0 spiro atoms. The summed E-state index contributed by atoms with van der Waals surface area (Å²) < 4.78 is 5.27. The van der Waals surface area contributed by atoms with Crippen LogP contribution in [0.2, 0.25) is 5.02 Å². The molecule has 0 aliphatic rings. The van der Waals surface area contributed by atoms with E-state index in [2.05, 4.69) is 4.99 Å². The van der Waals surface area contributed by atoms with Gasteiger partial charge in [0.1, 0.15) is 5.58 Å². The first-order valence-electron chi connectivity index (χ1n) is 7.69. The average Bonchev–Trinajstić information content (AvgIpc) is 2.54. The van der Waals surface area contributed by atoms with Gasteiger partial charge in [-0.1, -0.05) is 35.5 Å². The molecule has 0 unspecified atom stereocenters. The number of nitrogens with zero attached hydrogens (tertiary/aromatic N) is 1. The normalized spacial score (nSPS) is 11.9. The van der Waals surface area contributed by atoms with Gasteiger partial charge in [0.25, 0.3) is 0 Å². The van der Waals surface area contributed by atoms with E-state index in [1.165, 1.54) is 17.8 Å². The van der Waals surface area contributed by atoms with Crippen LogP contribution in [0.3, 0.4) is 0 Å². The molecule has 2 N–H and O–H groups in total. The van der Waals surface area contributed by atoms with Crippen LogP contribution in [0.15, 0.2) is 56.7 Å². The Hall–Kier alpha value is -2.24. The summed E-state index contributed by atoms with van der Waals surface area (Å²) >= 11 is 7.58. The molecule has 128 valence electrons. The molecule has 1 heterocycles. The summed E-state index contributed by atoms with van der Waals surface area (Å²) in [6.45, 7) is 3.87. The van der Waals surface area contributed by atoms with Crippen molar-refractivity contribution in [2.24, 2.45) is 10.7 Å². The van der Waals surface area contributed by atoms with Gasteiger partial charge in [0.2, 0.25) is 0 Å². The molecule has 0 aliphatic heterocycles. The largest absolute Gasteiger partial charge is 0.423 e. The first-order chi connectivity index (χ1) is 11.9. The number of benzene rings is 2. The molecule has 2 aromatic carbocycles. The Bertz CT molecular complexity index is 1030. The van der Waals surface area contributed by atoms with Gasteiger partial charge in [-0.15, -0.1) is 0 Å². The van der Waals surface area contributed by atoms with Gasteiger partial charge in [0, 0.05) is 22.2 Å². The fourth-order valence-electron chi connectivity index (χ4n) is 2.48. The minimum atomic E-state index is -0.390. The SMILES string of the molecule is Cc1cccc(N=C(N)SCc2cc(=O)oc3cc(C)c(Cl)cc23)c1. The number of hydrogen-bond acceptors (Lipinski definition) is 4. The molecule has 0 bridgehead atoms. The van der Waals surface area contributed by atoms with Crippen LogP contribution in [-0.4, -0.2) is 5.17 Å². The zero-order valence-electron chi connectivity index (χ0n) is 13.9. The summed E-state index contributed by atoms with van der Waals surface area (Å²) in [6.07, 6.45) is 0. The van der Waals surface area contributed by atoms with Crippen LogP contribution in [-0.2, 0) is 5.75 Å². The maximum absolute atomic E-state index is 11.8. The number of nitrogens with two attached hydrogens (primary N) is 1. The number of halogens is 1. The quantitative estimate of drug-likeness (QED) is 0.401. The van der Waals surface area contributed by atoms with Crippen molar-refractivity contribution in [2.75, 3.05) is 0 Å². The molecule has 6 heteroatoms. The van der Waals surface area contributed by atoms with Crippen molar-refractivity contribution in [3.8, 4) is 0 Å². The minimum absolute atomic E-state index is 0.390. The number of thioether (sulfide) groups is 1. The molecule has 0 saturated carbocycles. The van der Waals surface area contributed by atoms with E-state index in [9.17, 15) is 4.79 Å². The summed E-state index contributed by atoms with van der Waals surface area (Å²) in [6, 6.07) is 12.9. The van der Waals surface area contributed by atoms with Crippen molar-refractivity contribution in [3.63, 3.8) is 0 Å². The van der Waals surface area contributed by atoms with E-state index in [-0.39, 0.29) is 5.63 Å². The van der Waals surface area contributed by atoms with Gasteiger partial charge in [0.15, 0.2) is 5.17 Å². The van der Waals surface area contributed by atoms with E-state index >= 15 is 0 Å². The Morgan fingerprint density at radius 3 is 2.80 bits per heavy atom. The summed E-state index contributed by atoms with van der Waals surface area (Å²) in [5, 5.41) is 1.88. The number of rotatable bonds is 3.